The minimum atomic E-state index is -0.0469. The highest BCUT2D eigenvalue weighted by molar-refractivity contribution is 7.20. The van der Waals surface area contributed by atoms with E-state index in [9.17, 15) is 4.79 Å². The van der Waals surface area contributed by atoms with Crippen molar-refractivity contribution in [1.29, 1.82) is 0 Å². The average Bonchev–Trinajstić information content (AvgIpc) is 2.72. The van der Waals surface area contributed by atoms with Crippen LogP contribution in [0.25, 0.3) is 10.1 Å². The molecule has 4 heteroatoms. The first kappa shape index (κ1) is 11.4. The Morgan fingerprint density at radius 1 is 1.50 bits per heavy atom. The Morgan fingerprint density at radius 2 is 2.25 bits per heavy atom. The van der Waals surface area contributed by atoms with E-state index in [1.165, 1.54) is 11.3 Å². The minimum Gasteiger partial charge on any atom is -0.348 e. The van der Waals surface area contributed by atoms with Gasteiger partial charge >= 0.3 is 0 Å². The van der Waals surface area contributed by atoms with Crippen molar-refractivity contribution < 1.29 is 4.79 Å². The number of alkyl halides is 1. The summed E-state index contributed by atoms with van der Waals surface area (Å²) in [5.41, 5.74) is 0. The third-order valence-corrected chi connectivity index (χ3v) is 3.84. The van der Waals surface area contributed by atoms with E-state index < -0.39 is 0 Å². The lowest BCUT2D eigenvalue weighted by Crippen LogP contribution is -2.33. The zero-order valence-corrected chi connectivity index (χ0v) is 10.4. The highest BCUT2D eigenvalue weighted by Gasteiger charge is 2.11. The second-order valence-electron chi connectivity index (χ2n) is 3.68. The Labute approximate surface area is 103 Å². The van der Waals surface area contributed by atoms with E-state index in [1.54, 1.807) is 0 Å². The van der Waals surface area contributed by atoms with Crippen molar-refractivity contribution in [3.8, 4) is 0 Å². The molecule has 1 atom stereocenters. The molecule has 1 amide bonds. The molecule has 2 aromatic rings. The molecule has 1 aromatic carbocycles. The van der Waals surface area contributed by atoms with Crippen molar-refractivity contribution >= 4 is 38.9 Å². The average molecular weight is 254 g/mol. The fourth-order valence-electron chi connectivity index (χ4n) is 1.43. The number of nitrogens with one attached hydrogen (secondary N) is 1. The number of thiophene rings is 1. The first-order valence-electron chi connectivity index (χ1n) is 5.06. The largest absolute Gasteiger partial charge is 0.348 e. The molecule has 1 aromatic heterocycles. The van der Waals surface area contributed by atoms with E-state index in [2.05, 4.69) is 5.32 Å². The summed E-state index contributed by atoms with van der Waals surface area (Å²) in [7, 11) is 0. The molecule has 0 aliphatic heterocycles. The highest BCUT2D eigenvalue weighted by atomic mass is 35.5. The maximum Gasteiger partial charge on any atom is 0.261 e. The topological polar surface area (TPSA) is 29.1 Å². The van der Waals surface area contributed by atoms with Gasteiger partial charge in [-0.25, -0.2) is 0 Å². The number of amides is 1. The molecule has 84 valence electrons. The molecule has 2 rings (SSSR count). The standard InChI is InChI=1S/C12H12ClNOS/c1-8(7-13)14-12(15)11-6-9-4-2-3-5-10(9)16-11/h2-6,8H,7H2,1H3,(H,14,15). The fraction of sp³-hybridized carbons (Fsp3) is 0.250. The molecule has 0 aliphatic rings. The third kappa shape index (κ3) is 2.36. The van der Waals surface area contributed by atoms with Crippen LogP contribution in [-0.4, -0.2) is 17.8 Å². The summed E-state index contributed by atoms with van der Waals surface area (Å²) in [6.07, 6.45) is 0. The number of fused-ring (bicyclic) bond motifs is 1. The summed E-state index contributed by atoms with van der Waals surface area (Å²) < 4.78 is 1.13. The fourth-order valence-corrected chi connectivity index (χ4v) is 2.47. The van der Waals surface area contributed by atoms with E-state index in [1.807, 2.05) is 37.3 Å². The van der Waals surface area contributed by atoms with Gasteiger partial charge in [-0.3, -0.25) is 4.79 Å². The van der Waals surface area contributed by atoms with Gasteiger partial charge in [0.1, 0.15) is 0 Å². The number of halogens is 1. The monoisotopic (exact) mass is 253 g/mol. The van der Waals surface area contributed by atoms with Crippen LogP contribution in [0.3, 0.4) is 0 Å². The van der Waals surface area contributed by atoms with Crippen molar-refractivity contribution in [2.45, 2.75) is 13.0 Å². The second-order valence-corrected chi connectivity index (χ2v) is 5.07. The van der Waals surface area contributed by atoms with Crippen LogP contribution in [0.15, 0.2) is 30.3 Å². The summed E-state index contributed by atoms with van der Waals surface area (Å²) in [6, 6.07) is 9.88. The molecule has 0 saturated heterocycles. The Bertz CT molecular complexity index is 475. The van der Waals surface area contributed by atoms with Crippen LogP contribution in [0.4, 0.5) is 0 Å². The summed E-state index contributed by atoms with van der Waals surface area (Å²) in [5.74, 6) is 0.380. The van der Waals surface area contributed by atoms with E-state index in [0.717, 1.165) is 15.0 Å². The second kappa shape index (κ2) is 4.85. The predicted molar refractivity (Wildman–Crippen MR) is 69.5 cm³/mol. The third-order valence-electron chi connectivity index (χ3n) is 2.26. The van der Waals surface area contributed by atoms with Gasteiger partial charge < -0.3 is 5.32 Å². The number of hydrogen-bond acceptors (Lipinski definition) is 2. The molecule has 0 fully saturated rings. The van der Waals surface area contributed by atoms with Gasteiger partial charge in [-0.1, -0.05) is 18.2 Å². The Hall–Kier alpha value is -1.06. The van der Waals surface area contributed by atoms with Crippen LogP contribution in [-0.2, 0) is 0 Å². The van der Waals surface area contributed by atoms with Crippen molar-refractivity contribution in [2.24, 2.45) is 0 Å². The number of carbonyl (C=O) groups excluding carboxylic acids is 1. The molecule has 1 heterocycles. The summed E-state index contributed by atoms with van der Waals surface area (Å²) in [4.78, 5) is 12.6. The van der Waals surface area contributed by atoms with E-state index in [4.69, 9.17) is 11.6 Å². The number of carbonyl (C=O) groups is 1. The van der Waals surface area contributed by atoms with Gasteiger partial charge in [-0.05, 0) is 24.4 Å². The first-order valence-corrected chi connectivity index (χ1v) is 6.41. The maximum atomic E-state index is 11.8. The molecule has 16 heavy (non-hydrogen) atoms. The number of hydrogen-bond donors (Lipinski definition) is 1. The van der Waals surface area contributed by atoms with Crippen molar-refractivity contribution in [3.63, 3.8) is 0 Å². The predicted octanol–water partition coefficient (Wildman–Crippen LogP) is 3.26. The van der Waals surface area contributed by atoms with Gasteiger partial charge in [-0.15, -0.1) is 22.9 Å². The van der Waals surface area contributed by atoms with Crippen LogP contribution >= 0.6 is 22.9 Å². The van der Waals surface area contributed by atoms with Gasteiger partial charge in [0.2, 0.25) is 0 Å². The van der Waals surface area contributed by atoms with Gasteiger partial charge in [0.05, 0.1) is 4.88 Å². The smallest absolute Gasteiger partial charge is 0.261 e. The van der Waals surface area contributed by atoms with Gasteiger partial charge in [0.15, 0.2) is 0 Å². The lowest BCUT2D eigenvalue weighted by Gasteiger charge is -2.08. The molecule has 0 spiro atoms. The van der Waals surface area contributed by atoms with Crippen LogP contribution in [0, 0.1) is 0 Å². The zero-order valence-electron chi connectivity index (χ0n) is 8.87. The van der Waals surface area contributed by atoms with E-state index >= 15 is 0 Å². The normalized spacial score (nSPS) is 12.6. The van der Waals surface area contributed by atoms with E-state index in [-0.39, 0.29) is 11.9 Å². The summed E-state index contributed by atoms with van der Waals surface area (Å²) in [6.45, 7) is 1.89. The summed E-state index contributed by atoms with van der Waals surface area (Å²) in [5, 5.41) is 3.95. The van der Waals surface area contributed by atoms with Crippen LogP contribution < -0.4 is 5.32 Å². The zero-order chi connectivity index (χ0) is 11.5. The molecule has 1 N–H and O–H groups in total. The first-order chi connectivity index (χ1) is 7.70. The molecule has 0 aliphatic carbocycles. The number of benzene rings is 1. The Morgan fingerprint density at radius 3 is 2.94 bits per heavy atom. The molecule has 0 radical (unpaired) electrons. The molecule has 0 saturated carbocycles. The van der Waals surface area contributed by atoms with Gasteiger partial charge in [-0.2, -0.15) is 0 Å². The SMILES string of the molecule is CC(CCl)NC(=O)c1cc2ccccc2s1. The molecule has 0 bridgehead atoms. The molecule has 1 unspecified atom stereocenters. The van der Waals surface area contributed by atoms with Crippen LogP contribution in [0.1, 0.15) is 16.6 Å². The van der Waals surface area contributed by atoms with Crippen LogP contribution in [0.5, 0.6) is 0 Å². The van der Waals surface area contributed by atoms with Gasteiger partial charge in [0.25, 0.3) is 5.91 Å². The van der Waals surface area contributed by atoms with Crippen molar-refractivity contribution in [1.82, 2.24) is 5.32 Å². The Balaban J connectivity index is 2.23. The van der Waals surface area contributed by atoms with Gasteiger partial charge in [0, 0.05) is 16.6 Å². The lowest BCUT2D eigenvalue weighted by atomic mass is 10.2. The molecule has 2 nitrogen and oxygen atoms in total. The highest BCUT2D eigenvalue weighted by Crippen LogP contribution is 2.25. The minimum absolute atomic E-state index is 0.000575. The van der Waals surface area contributed by atoms with E-state index in [0.29, 0.717) is 5.88 Å². The Kier molecular flexibility index (Phi) is 3.46. The summed E-state index contributed by atoms with van der Waals surface area (Å²) >= 11 is 7.15. The molecular formula is C12H12ClNOS. The lowest BCUT2D eigenvalue weighted by molar-refractivity contribution is 0.0947. The number of rotatable bonds is 3. The molecular weight excluding hydrogens is 242 g/mol. The van der Waals surface area contributed by atoms with Crippen LogP contribution in [0.2, 0.25) is 0 Å². The quantitative estimate of drug-likeness (QED) is 0.836. The maximum absolute atomic E-state index is 11.8. The van der Waals surface area contributed by atoms with Crippen molar-refractivity contribution in [3.05, 3.63) is 35.2 Å². The van der Waals surface area contributed by atoms with Crippen molar-refractivity contribution in [2.75, 3.05) is 5.88 Å².